The number of rotatable bonds is 63. The number of hydrogen-bond acceptors (Lipinski definition) is 6. The van der Waals surface area contributed by atoms with Crippen LogP contribution in [0.2, 0.25) is 0 Å². The van der Waals surface area contributed by atoms with Crippen molar-refractivity contribution in [2.75, 3.05) is 13.2 Å². The molecule has 442 valence electrons. The van der Waals surface area contributed by atoms with Gasteiger partial charge in [-0.15, -0.1) is 0 Å². The quantitative estimate of drug-likeness (QED) is 0.0261. The zero-order valence-corrected chi connectivity index (χ0v) is 50.8. The van der Waals surface area contributed by atoms with Crippen molar-refractivity contribution in [1.82, 2.24) is 0 Å². The molecule has 0 saturated carbocycles. The van der Waals surface area contributed by atoms with Gasteiger partial charge in [-0.2, -0.15) is 0 Å². The van der Waals surface area contributed by atoms with Gasteiger partial charge in [0.2, 0.25) is 0 Å². The summed E-state index contributed by atoms with van der Waals surface area (Å²) in [6, 6.07) is 0. The lowest BCUT2D eigenvalue weighted by Crippen LogP contribution is -2.30. The van der Waals surface area contributed by atoms with Crippen LogP contribution in [0, 0.1) is 0 Å². The minimum Gasteiger partial charge on any atom is -0.462 e. The molecule has 1 unspecified atom stereocenters. The van der Waals surface area contributed by atoms with Crippen LogP contribution < -0.4 is 0 Å². The second kappa shape index (κ2) is 64.4. The normalized spacial score (nSPS) is 12.1. The van der Waals surface area contributed by atoms with Crippen LogP contribution in [0.4, 0.5) is 0 Å². The molecule has 0 aromatic rings. The number of esters is 3. The topological polar surface area (TPSA) is 78.9 Å². The number of hydrogen-bond donors (Lipinski definition) is 0. The maximum atomic E-state index is 12.8. The number of allylic oxidation sites excluding steroid dienone is 4. The van der Waals surface area contributed by atoms with E-state index in [2.05, 4.69) is 45.1 Å². The van der Waals surface area contributed by atoms with Crippen molar-refractivity contribution < 1.29 is 28.6 Å². The Hall–Kier alpha value is -2.11. The summed E-state index contributed by atoms with van der Waals surface area (Å²) in [7, 11) is 0. The molecule has 0 aromatic carbocycles. The summed E-state index contributed by atoms with van der Waals surface area (Å²) in [6.07, 6.45) is 78.0. The fourth-order valence-electron chi connectivity index (χ4n) is 10.3. The Morgan fingerprint density at radius 3 is 0.707 bits per heavy atom. The SMILES string of the molecule is CCCC/C=C\CCCCCCCC(=O)OCC(COC(=O)CCCCCCCCCCCCCCCCCCCCCCC/C=C\CCCCCCCCCC)OC(=O)CCCCCCCCCCCCCCC. The first-order valence-corrected chi connectivity index (χ1v) is 33.8. The van der Waals surface area contributed by atoms with Crippen molar-refractivity contribution in [2.45, 2.75) is 386 Å². The summed E-state index contributed by atoms with van der Waals surface area (Å²) in [6.45, 7) is 6.65. The third-order valence-corrected chi connectivity index (χ3v) is 15.4. The van der Waals surface area contributed by atoms with Crippen LogP contribution in [-0.4, -0.2) is 37.2 Å². The Morgan fingerprint density at radius 1 is 0.253 bits per heavy atom. The molecule has 0 amide bonds. The van der Waals surface area contributed by atoms with Crippen molar-refractivity contribution in [1.29, 1.82) is 0 Å². The second-order valence-electron chi connectivity index (χ2n) is 23.1. The first kappa shape index (κ1) is 72.9. The average Bonchev–Trinajstić information content (AvgIpc) is 3.41. The molecule has 0 aliphatic rings. The predicted molar refractivity (Wildman–Crippen MR) is 326 cm³/mol. The van der Waals surface area contributed by atoms with Gasteiger partial charge in [0.1, 0.15) is 13.2 Å². The fourth-order valence-corrected chi connectivity index (χ4v) is 10.3. The maximum Gasteiger partial charge on any atom is 0.306 e. The molecule has 0 radical (unpaired) electrons. The van der Waals surface area contributed by atoms with Crippen LogP contribution in [0.15, 0.2) is 24.3 Å². The molecule has 6 heteroatoms. The lowest BCUT2D eigenvalue weighted by molar-refractivity contribution is -0.167. The van der Waals surface area contributed by atoms with Gasteiger partial charge in [-0.25, -0.2) is 0 Å². The smallest absolute Gasteiger partial charge is 0.306 e. The fraction of sp³-hybridized carbons (Fsp3) is 0.899. The van der Waals surface area contributed by atoms with Gasteiger partial charge in [0.05, 0.1) is 0 Å². The van der Waals surface area contributed by atoms with Gasteiger partial charge in [0.25, 0.3) is 0 Å². The molecule has 0 heterocycles. The summed E-state index contributed by atoms with van der Waals surface area (Å²) in [5.74, 6) is -0.853. The van der Waals surface area contributed by atoms with E-state index < -0.39 is 6.10 Å². The minimum atomic E-state index is -0.769. The standard InChI is InChI=1S/C69H130O6/c1-4-7-10-13-16-19-22-24-25-26-27-28-29-30-31-32-33-34-35-36-37-38-39-40-41-42-43-45-47-50-53-56-59-62-68(71)74-65-66(64-73-67(70)61-58-55-52-49-46-21-18-15-12-9-6-3)75-69(72)63-60-57-54-51-48-44-23-20-17-14-11-8-5-2/h15,18,26-27,66H,4-14,16-17,19-25,28-65H2,1-3H3/b18-15-,27-26-. The van der Waals surface area contributed by atoms with E-state index in [1.807, 2.05) is 0 Å². The summed E-state index contributed by atoms with van der Waals surface area (Å²) < 4.78 is 16.9. The largest absolute Gasteiger partial charge is 0.462 e. The number of unbranched alkanes of at least 4 members (excludes halogenated alkanes) is 48. The van der Waals surface area contributed by atoms with Crippen LogP contribution in [0.25, 0.3) is 0 Å². The molecular formula is C69H130O6. The summed E-state index contributed by atoms with van der Waals surface area (Å²) in [5, 5.41) is 0. The first-order chi connectivity index (χ1) is 37.0. The van der Waals surface area contributed by atoms with E-state index in [1.54, 1.807) is 0 Å². The van der Waals surface area contributed by atoms with Crippen molar-refractivity contribution in [2.24, 2.45) is 0 Å². The van der Waals surface area contributed by atoms with E-state index in [1.165, 1.54) is 276 Å². The lowest BCUT2D eigenvalue weighted by Gasteiger charge is -2.18. The van der Waals surface area contributed by atoms with Crippen molar-refractivity contribution in [3.63, 3.8) is 0 Å². The minimum absolute atomic E-state index is 0.0678. The predicted octanol–water partition coefficient (Wildman–Crippen LogP) is 23.0. The summed E-state index contributed by atoms with van der Waals surface area (Å²) in [4.78, 5) is 38.2. The molecule has 0 bridgehead atoms. The molecule has 0 saturated heterocycles. The Labute approximate surface area is 468 Å². The van der Waals surface area contributed by atoms with E-state index in [0.29, 0.717) is 19.3 Å². The summed E-state index contributed by atoms with van der Waals surface area (Å²) >= 11 is 0. The molecular weight excluding hydrogens is 925 g/mol. The molecule has 0 rings (SSSR count). The van der Waals surface area contributed by atoms with Crippen LogP contribution in [0.1, 0.15) is 380 Å². The van der Waals surface area contributed by atoms with Crippen LogP contribution in [0.3, 0.4) is 0 Å². The monoisotopic (exact) mass is 1050 g/mol. The molecule has 0 spiro atoms. The highest BCUT2D eigenvalue weighted by atomic mass is 16.6. The molecule has 0 fully saturated rings. The highest BCUT2D eigenvalue weighted by molar-refractivity contribution is 5.71. The van der Waals surface area contributed by atoms with E-state index in [-0.39, 0.29) is 31.1 Å². The van der Waals surface area contributed by atoms with Crippen LogP contribution in [0.5, 0.6) is 0 Å². The van der Waals surface area contributed by atoms with Gasteiger partial charge in [0.15, 0.2) is 6.10 Å². The maximum absolute atomic E-state index is 12.8. The highest BCUT2D eigenvalue weighted by Gasteiger charge is 2.19. The Balaban J connectivity index is 4.00. The molecule has 0 N–H and O–H groups in total. The Morgan fingerprint density at radius 2 is 0.453 bits per heavy atom. The number of carbonyl (C=O) groups excluding carboxylic acids is 3. The van der Waals surface area contributed by atoms with Gasteiger partial charge < -0.3 is 14.2 Å². The van der Waals surface area contributed by atoms with Gasteiger partial charge in [-0.1, -0.05) is 321 Å². The van der Waals surface area contributed by atoms with E-state index >= 15 is 0 Å². The van der Waals surface area contributed by atoms with E-state index in [4.69, 9.17) is 14.2 Å². The number of ether oxygens (including phenoxy) is 3. The average molecular weight is 1060 g/mol. The van der Waals surface area contributed by atoms with Gasteiger partial charge in [-0.05, 0) is 64.2 Å². The molecule has 0 aliphatic carbocycles. The van der Waals surface area contributed by atoms with Gasteiger partial charge in [-0.3, -0.25) is 14.4 Å². The molecule has 75 heavy (non-hydrogen) atoms. The number of carbonyl (C=O) groups is 3. The third kappa shape index (κ3) is 62.6. The third-order valence-electron chi connectivity index (χ3n) is 15.4. The van der Waals surface area contributed by atoms with Crippen LogP contribution in [-0.2, 0) is 28.6 Å². The van der Waals surface area contributed by atoms with Crippen LogP contribution >= 0.6 is 0 Å². The highest BCUT2D eigenvalue weighted by Crippen LogP contribution is 2.18. The Kier molecular flexibility index (Phi) is 62.6. The Bertz CT molecular complexity index is 1210. The molecule has 1 atom stereocenters. The molecule has 6 nitrogen and oxygen atoms in total. The molecule has 0 aromatic heterocycles. The lowest BCUT2D eigenvalue weighted by atomic mass is 10.0. The van der Waals surface area contributed by atoms with Gasteiger partial charge >= 0.3 is 17.9 Å². The van der Waals surface area contributed by atoms with E-state index in [0.717, 1.165) is 64.2 Å². The van der Waals surface area contributed by atoms with Crippen molar-refractivity contribution in [3.05, 3.63) is 24.3 Å². The zero-order chi connectivity index (χ0) is 54.3. The van der Waals surface area contributed by atoms with Crippen molar-refractivity contribution >= 4 is 17.9 Å². The first-order valence-electron chi connectivity index (χ1n) is 33.8. The zero-order valence-electron chi connectivity index (χ0n) is 50.8. The second-order valence-corrected chi connectivity index (χ2v) is 23.1. The molecule has 0 aliphatic heterocycles. The van der Waals surface area contributed by atoms with Crippen molar-refractivity contribution in [3.8, 4) is 0 Å². The van der Waals surface area contributed by atoms with Gasteiger partial charge in [0, 0.05) is 19.3 Å². The van der Waals surface area contributed by atoms with E-state index in [9.17, 15) is 14.4 Å². The summed E-state index contributed by atoms with van der Waals surface area (Å²) in [5.41, 5.74) is 0.